The van der Waals surface area contributed by atoms with Crippen LogP contribution in [0.3, 0.4) is 0 Å². The summed E-state index contributed by atoms with van der Waals surface area (Å²) in [6.45, 7) is 0.233. The van der Waals surface area contributed by atoms with Gasteiger partial charge in [-0.05, 0) is 19.3 Å². The van der Waals surface area contributed by atoms with Crippen molar-refractivity contribution < 1.29 is 9.53 Å². The standard InChI is InChI=1S/C12H11Cl7O2/c13-3-1-2-4-21-9(20)6-5-10(16)7(14)8(15)11(6,17)12(10,18)19/h6H,1-5H2/t6-,10-,11+/m0/s1. The Morgan fingerprint density at radius 3 is 2.24 bits per heavy atom. The molecule has 0 aromatic carbocycles. The Kier molecular flexibility index (Phi) is 5.55. The zero-order valence-corrected chi connectivity index (χ0v) is 15.9. The Labute approximate surface area is 157 Å². The summed E-state index contributed by atoms with van der Waals surface area (Å²) in [5.41, 5.74) is 0. The first kappa shape index (κ1) is 18.6. The second kappa shape index (κ2) is 6.27. The first-order valence-electron chi connectivity index (χ1n) is 6.19. The molecule has 1 fully saturated rings. The monoisotopic (exact) mass is 432 g/mol. The Bertz CT molecular complexity index is 492. The van der Waals surface area contributed by atoms with Crippen LogP contribution >= 0.6 is 81.2 Å². The van der Waals surface area contributed by atoms with Gasteiger partial charge >= 0.3 is 5.97 Å². The summed E-state index contributed by atoms with van der Waals surface area (Å²) in [5, 5.41) is 0.0804. The Morgan fingerprint density at radius 2 is 1.76 bits per heavy atom. The normalized spacial score (nSPS) is 37.2. The number of carbonyl (C=O) groups is 1. The van der Waals surface area contributed by atoms with Gasteiger partial charge in [-0.2, -0.15) is 0 Å². The fraction of sp³-hybridized carbons (Fsp3) is 0.750. The molecule has 0 heterocycles. The van der Waals surface area contributed by atoms with E-state index in [2.05, 4.69) is 0 Å². The number of rotatable bonds is 5. The van der Waals surface area contributed by atoms with Gasteiger partial charge in [0.2, 0.25) is 0 Å². The molecule has 0 aromatic heterocycles. The summed E-state index contributed by atoms with van der Waals surface area (Å²) in [5.74, 6) is -0.908. The summed E-state index contributed by atoms with van der Waals surface area (Å²) in [4.78, 5) is 9.27. The van der Waals surface area contributed by atoms with Gasteiger partial charge in [0, 0.05) is 5.88 Å². The van der Waals surface area contributed by atoms with Crippen LogP contribution < -0.4 is 0 Å². The molecule has 0 saturated heterocycles. The topological polar surface area (TPSA) is 26.3 Å². The van der Waals surface area contributed by atoms with Gasteiger partial charge in [-0.1, -0.05) is 46.4 Å². The quantitative estimate of drug-likeness (QED) is 0.328. The van der Waals surface area contributed by atoms with E-state index >= 15 is 0 Å². The lowest BCUT2D eigenvalue weighted by molar-refractivity contribution is -0.149. The third-order valence-electron chi connectivity index (χ3n) is 3.84. The molecule has 2 bridgehead atoms. The minimum Gasteiger partial charge on any atom is -0.465 e. The fourth-order valence-electron chi connectivity index (χ4n) is 2.62. The molecule has 3 atom stereocenters. The predicted molar refractivity (Wildman–Crippen MR) is 89.4 cm³/mol. The first-order chi connectivity index (χ1) is 9.64. The summed E-state index contributed by atoms with van der Waals surface area (Å²) >= 11 is 43.2. The largest absolute Gasteiger partial charge is 0.465 e. The van der Waals surface area contributed by atoms with Crippen molar-refractivity contribution in [3.8, 4) is 0 Å². The van der Waals surface area contributed by atoms with Gasteiger partial charge in [-0.3, -0.25) is 4.79 Å². The fourth-order valence-corrected chi connectivity index (χ4v) is 5.57. The van der Waals surface area contributed by atoms with Crippen molar-refractivity contribution in [2.24, 2.45) is 5.92 Å². The Balaban J connectivity index is 2.20. The van der Waals surface area contributed by atoms with Crippen LogP contribution in [-0.4, -0.2) is 32.5 Å². The molecule has 0 aliphatic heterocycles. The van der Waals surface area contributed by atoms with Crippen molar-refractivity contribution in [1.29, 1.82) is 0 Å². The molecule has 2 rings (SSSR count). The minimum atomic E-state index is -1.70. The molecule has 0 radical (unpaired) electrons. The highest BCUT2D eigenvalue weighted by Crippen LogP contribution is 2.74. The summed E-state index contributed by atoms with van der Waals surface area (Å²) in [7, 11) is 0. The van der Waals surface area contributed by atoms with E-state index in [1.807, 2.05) is 0 Å². The molecule has 1 saturated carbocycles. The number of allylic oxidation sites excluding steroid dienone is 2. The number of halogens is 7. The number of alkyl halides is 5. The Hall–Kier alpha value is 1.24. The Morgan fingerprint density at radius 1 is 1.14 bits per heavy atom. The number of esters is 1. The van der Waals surface area contributed by atoms with E-state index in [9.17, 15) is 4.79 Å². The lowest BCUT2D eigenvalue weighted by Crippen LogP contribution is -2.46. The maximum Gasteiger partial charge on any atom is 0.311 e. The number of fused-ring (bicyclic) bond motifs is 2. The van der Waals surface area contributed by atoms with E-state index in [-0.39, 0.29) is 23.1 Å². The zero-order chi connectivity index (χ0) is 16.1. The van der Waals surface area contributed by atoms with Gasteiger partial charge in [0.1, 0.15) is 9.75 Å². The van der Waals surface area contributed by atoms with Gasteiger partial charge in [-0.15, -0.1) is 34.8 Å². The lowest BCUT2D eigenvalue weighted by Gasteiger charge is -2.32. The molecule has 0 spiro atoms. The van der Waals surface area contributed by atoms with E-state index in [4.69, 9.17) is 85.9 Å². The highest BCUT2D eigenvalue weighted by atomic mass is 35.5. The lowest BCUT2D eigenvalue weighted by atomic mass is 9.92. The van der Waals surface area contributed by atoms with Crippen molar-refractivity contribution in [1.82, 2.24) is 0 Å². The number of hydrogen-bond acceptors (Lipinski definition) is 2. The molecule has 0 unspecified atom stereocenters. The highest BCUT2D eigenvalue weighted by molar-refractivity contribution is 6.66. The smallest absolute Gasteiger partial charge is 0.311 e. The van der Waals surface area contributed by atoms with Crippen molar-refractivity contribution in [3.63, 3.8) is 0 Å². The van der Waals surface area contributed by atoms with Gasteiger partial charge in [0.05, 0.1) is 22.6 Å². The average Bonchev–Trinajstić information content (AvgIpc) is 2.65. The van der Waals surface area contributed by atoms with Gasteiger partial charge in [0.15, 0.2) is 4.33 Å². The summed E-state index contributed by atoms with van der Waals surface area (Å²) in [6, 6.07) is 0. The van der Waals surface area contributed by atoms with Crippen LogP contribution in [0.5, 0.6) is 0 Å². The van der Waals surface area contributed by atoms with E-state index in [1.165, 1.54) is 0 Å². The molecule has 21 heavy (non-hydrogen) atoms. The zero-order valence-electron chi connectivity index (χ0n) is 10.6. The van der Waals surface area contributed by atoms with Crippen LogP contribution in [-0.2, 0) is 9.53 Å². The van der Waals surface area contributed by atoms with Crippen LogP contribution in [0.4, 0.5) is 0 Å². The van der Waals surface area contributed by atoms with E-state index in [0.29, 0.717) is 12.3 Å². The van der Waals surface area contributed by atoms with E-state index in [0.717, 1.165) is 6.42 Å². The average molecular weight is 435 g/mol. The second-order valence-electron chi connectivity index (χ2n) is 5.04. The van der Waals surface area contributed by atoms with Crippen LogP contribution in [0.25, 0.3) is 0 Å². The molecule has 2 aliphatic rings. The van der Waals surface area contributed by atoms with Gasteiger partial charge in [0.25, 0.3) is 0 Å². The van der Waals surface area contributed by atoms with Crippen molar-refractivity contribution in [2.75, 3.05) is 12.5 Å². The van der Waals surface area contributed by atoms with Crippen molar-refractivity contribution >= 4 is 87.2 Å². The number of ether oxygens (including phenoxy) is 1. The highest BCUT2D eigenvalue weighted by Gasteiger charge is 2.80. The molecule has 120 valence electrons. The van der Waals surface area contributed by atoms with Crippen LogP contribution in [0, 0.1) is 5.92 Å². The molecular formula is C12H11Cl7O2. The maximum absolute atomic E-state index is 12.2. The van der Waals surface area contributed by atoms with Gasteiger partial charge in [-0.25, -0.2) is 0 Å². The molecule has 0 amide bonds. The minimum absolute atomic E-state index is 0.000193. The molecule has 2 nitrogen and oxygen atoms in total. The number of unbranched alkanes of at least 4 members (excludes halogenated alkanes) is 1. The van der Waals surface area contributed by atoms with Crippen molar-refractivity contribution in [3.05, 3.63) is 10.1 Å². The van der Waals surface area contributed by atoms with E-state index < -0.39 is 26.0 Å². The van der Waals surface area contributed by atoms with Crippen LogP contribution in [0.2, 0.25) is 0 Å². The second-order valence-corrected chi connectivity index (χ2v) is 8.74. The molecule has 0 N–H and O–H groups in total. The van der Waals surface area contributed by atoms with Gasteiger partial charge < -0.3 is 4.74 Å². The summed E-state index contributed by atoms with van der Waals surface area (Å²) in [6.07, 6.45) is 1.46. The van der Waals surface area contributed by atoms with E-state index in [1.54, 1.807) is 0 Å². The molecular weight excluding hydrogens is 424 g/mol. The third kappa shape index (κ3) is 2.49. The molecule has 2 aliphatic carbocycles. The van der Waals surface area contributed by atoms with Crippen LogP contribution in [0.1, 0.15) is 19.3 Å². The number of carbonyl (C=O) groups excluding carboxylic acids is 1. The van der Waals surface area contributed by atoms with Crippen LogP contribution in [0.15, 0.2) is 10.1 Å². The van der Waals surface area contributed by atoms with Crippen molar-refractivity contribution in [2.45, 2.75) is 33.3 Å². The molecule has 9 heteroatoms. The predicted octanol–water partition coefficient (Wildman–Crippen LogP) is 5.40. The molecule has 0 aromatic rings. The summed E-state index contributed by atoms with van der Waals surface area (Å²) < 4.78 is 3.49. The third-order valence-corrected chi connectivity index (χ3v) is 8.38. The maximum atomic E-state index is 12.2. The first-order valence-corrected chi connectivity index (χ1v) is 8.99. The SMILES string of the molecule is O=C(OCCCCCl)[C@@H]1C[C@]2(Cl)C(Cl)=C(Cl)[C@@]1(Cl)C2(Cl)Cl. The number of hydrogen-bond donors (Lipinski definition) is 0.